The number of aliphatic hydroxyl groups is 2. The van der Waals surface area contributed by atoms with Gasteiger partial charge in [-0.2, -0.15) is 0 Å². The summed E-state index contributed by atoms with van der Waals surface area (Å²) in [7, 11) is 0. The van der Waals surface area contributed by atoms with Gasteiger partial charge in [0.25, 0.3) is 0 Å². The average molecular weight is 380 g/mol. The van der Waals surface area contributed by atoms with Crippen LogP contribution in [0.1, 0.15) is 30.9 Å². The van der Waals surface area contributed by atoms with Crippen LogP contribution in [0.15, 0.2) is 59.2 Å². The summed E-state index contributed by atoms with van der Waals surface area (Å²) in [5, 5.41) is 18.6. The Morgan fingerprint density at radius 3 is 2.04 bits per heavy atom. The molecule has 0 radical (unpaired) electrons. The number of aromatic nitrogens is 1. The Kier molecular flexibility index (Phi) is 6.62. The molecule has 0 aliphatic carbocycles. The van der Waals surface area contributed by atoms with E-state index < -0.39 is 5.54 Å². The van der Waals surface area contributed by atoms with Gasteiger partial charge in [-0.25, -0.2) is 4.98 Å². The van der Waals surface area contributed by atoms with Crippen molar-refractivity contribution in [3.05, 3.63) is 65.9 Å². The second-order valence-corrected chi connectivity index (χ2v) is 7.36. The minimum atomic E-state index is -0.938. The largest absolute Gasteiger partial charge is 0.444 e. The smallest absolute Gasteiger partial charge is 0.226 e. The van der Waals surface area contributed by atoms with Gasteiger partial charge in [-0.15, -0.1) is 0 Å². The van der Waals surface area contributed by atoms with E-state index in [9.17, 15) is 10.2 Å². The topological polar surface area (TPSA) is 92.5 Å². The van der Waals surface area contributed by atoms with Crippen LogP contribution in [0.25, 0.3) is 22.7 Å². The molecule has 0 saturated carbocycles. The van der Waals surface area contributed by atoms with Crippen LogP contribution in [-0.4, -0.2) is 33.9 Å². The van der Waals surface area contributed by atoms with E-state index in [0.717, 1.165) is 35.2 Å². The third kappa shape index (κ3) is 4.87. The Bertz CT molecular complexity index is 866. The van der Waals surface area contributed by atoms with E-state index in [1.54, 1.807) is 6.26 Å². The maximum atomic E-state index is 9.29. The first-order chi connectivity index (χ1) is 13.6. The summed E-state index contributed by atoms with van der Waals surface area (Å²) in [5.74, 6) is 0.612. The molecule has 4 N–H and O–H groups in total. The zero-order chi connectivity index (χ0) is 20.0. The van der Waals surface area contributed by atoms with Gasteiger partial charge in [0.2, 0.25) is 5.89 Å². The van der Waals surface area contributed by atoms with Crippen molar-refractivity contribution >= 4 is 0 Å². The van der Waals surface area contributed by atoms with Gasteiger partial charge in [0.1, 0.15) is 12.0 Å². The quantitative estimate of drug-likeness (QED) is 0.528. The standard InChI is InChI=1S/C23H28N2O3/c1-2-3-17-6-10-20(11-7-17)22-25-21(14-28-22)19-8-4-18(5-9-19)12-13-23(24,15-26)16-27/h4-11,14,26-27H,2-3,12-13,15-16,24H2,1H3. The predicted molar refractivity (Wildman–Crippen MR) is 111 cm³/mol. The summed E-state index contributed by atoms with van der Waals surface area (Å²) >= 11 is 0. The number of aliphatic hydroxyl groups excluding tert-OH is 2. The summed E-state index contributed by atoms with van der Waals surface area (Å²) in [4.78, 5) is 4.62. The highest BCUT2D eigenvalue weighted by atomic mass is 16.3. The summed E-state index contributed by atoms with van der Waals surface area (Å²) in [5.41, 5.74) is 10.1. The zero-order valence-corrected chi connectivity index (χ0v) is 16.3. The van der Waals surface area contributed by atoms with Gasteiger partial charge < -0.3 is 20.4 Å². The van der Waals surface area contributed by atoms with Gasteiger partial charge in [0.15, 0.2) is 0 Å². The molecule has 0 fully saturated rings. The molecule has 3 rings (SSSR count). The third-order valence-electron chi connectivity index (χ3n) is 5.03. The molecule has 0 amide bonds. The van der Waals surface area contributed by atoms with Crippen LogP contribution in [-0.2, 0) is 12.8 Å². The van der Waals surface area contributed by atoms with Crippen LogP contribution in [0.4, 0.5) is 0 Å². The Morgan fingerprint density at radius 1 is 0.893 bits per heavy atom. The molecule has 0 spiro atoms. The Hall–Kier alpha value is -2.47. The molecule has 28 heavy (non-hydrogen) atoms. The van der Waals surface area contributed by atoms with Crippen molar-refractivity contribution in [2.24, 2.45) is 5.73 Å². The number of rotatable bonds is 9. The van der Waals surface area contributed by atoms with Crippen LogP contribution in [0.5, 0.6) is 0 Å². The van der Waals surface area contributed by atoms with Gasteiger partial charge in [-0.05, 0) is 42.5 Å². The molecule has 148 valence electrons. The maximum Gasteiger partial charge on any atom is 0.226 e. The van der Waals surface area contributed by atoms with E-state index in [1.165, 1.54) is 5.56 Å². The molecule has 0 saturated heterocycles. The molecule has 3 aromatic rings. The van der Waals surface area contributed by atoms with Crippen molar-refractivity contribution in [1.29, 1.82) is 0 Å². The highest BCUT2D eigenvalue weighted by molar-refractivity contribution is 5.63. The van der Waals surface area contributed by atoms with E-state index in [0.29, 0.717) is 18.7 Å². The lowest BCUT2D eigenvalue weighted by Crippen LogP contribution is -2.47. The number of hydrogen-bond acceptors (Lipinski definition) is 5. The molecule has 0 bridgehead atoms. The minimum absolute atomic E-state index is 0.233. The lowest BCUT2D eigenvalue weighted by molar-refractivity contribution is 0.115. The van der Waals surface area contributed by atoms with Crippen LogP contribution in [0.3, 0.4) is 0 Å². The Morgan fingerprint density at radius 2 is 1.46 bits per heavy atom. The SMILES string of the molecule is CCCc1ccc(-c2nc(-c3ccc(CCC(N)(CO)CO)cc3)co2)cc1. The van der Waals surface area contributed by atoms with Crippen molar-refractivity contribution in [3.63, 3.8) is 0 Å². The summed E-state index contributed by atoms with van der Waals surface area (Å²) in [6.07, 6.45) is 5.08. The fraction of sp³-hybridized carbons (Fsp3) is 0.348. The predicted octanol–water partition coefficient (Wildman–Crippen LogP) is 3.58. The van der Waals surface area contributed by atoms with E-state index in [1.807, 2.05) is 36.4 Å². The number of benzene rings is 2. The van der Waals surface area contributed by atoms with Crippen molar-refractivity contribution in [2.75, 3.05) is 13.2 Å². The third-order valence-corrected chi connectivity index (χ3v) is 5.03. The summed E-state index contributed by atoms with van der Waals surface area (Å²) < 4.78 is 5.67. The molecule has 5 nitrogen and oxygen atoms in total. The molecule has 1 heterocycles. The van der Waals surface area contributed by atoms with E-state index in [-0.39, 0.29) is 13.2 Å². The van der Waals surface area contributed by atoms with Crippen LogP contribution in [0.2, 0.25) is 0 Å². The number of nitrogens with zero attached hydrogens (tertiary/aromatic N) is 1. The first-order valence-electron chi connectivity index (χ1n) is 9.71. The fourth-order valence-electron chi connectivity index (χ4n) is 3.09. The van der Waals surface area contributed by atoms with Crippen molar-refractivity contribution in [3.8, 4) is 22.7 Å². The number of nitrogens with two attached hydrogens (primary N) is 1. The molecular formula is C23H28N2O3. The highest BCUT2D eigenvalue weighted by Crippen LogP contribution is 2.25. The minimum Gasteiger partial charge on any atom is -0.444 e. The first-order valence-corrected chi connectivity index (χ1v) is 9.71. The molecular weight excluding hydrogens is 352 g/mol. The second kappa shape index (κ2) is 9.15. The molecule has 0 aliphatic rings. The zero-order valence-electron chi connectivity index (χ0n) is 16.3. The van der Waals surface area contributed by atoms with Gasteiger partial charge in [0.05, 0.1) is 18.8 Å². The van der Waals surface area contributed by atoms with E-state index in [4.69, 9.17) is 10.2 Å². The summed E-state index contributed by atoms with van der Waals surface area (Å²) in [6.45, 7) is 1.71. The molecule has 0 unspecified atom stereocenters. The van der Waals surface area contributed by atoms with Gasteiger partial charge in [-0.1, -0.05) is 49.7 Å². The van der Waals surface area contributed by atoms with E-state index >= 15 is 0 Å². The Balaban J connectivity index is 1.68. The van der Waals surface area contributed by atoms with Crippen molar-refractivity contribution in [2.45, 2.75) is 38.1 Å². The summed E-state index contributed by atoms with van der Waals surface area (Å²) in [6, 6.07) is 16.4. The Labute approximate surface area is 165 Å². The maximum absolute atomic E-state index is 9.29. The second-order valence-electron chi connectivity index (χ2n) is 7.36. The highest BCUT2D eigenvalue weighted by Gasteiger charge is 2.22. The number of aryl methyl sites for hydroxylation is 2. The van der Waals surface area contributed by atoms with Crippen molar-refractivity contribution in [1.82, 2.24) is 4.98 Å². The normalized spacial score (nSPS) is 11.7. The molecule has 0 aliphatic heterocycles. The number of oxazole rings is 1. The van der Waals surface area contributed by atoms with Crippen LogP contribution in [0, 0.1) is 0 Å². The van der Waals surface area contributed by atoms with Crippen molar-refractivity contribution < 1.29 is 14.6 Å². The lowest BCUT2D eigenvalue weighted by Gasteiger charge is -2.24. The van der Waals surface area contributed by atoms with Crippen LogP contribution >= 0.6 is 0 Å². The molecule has 1 aromatic heterocycles. The lowest BCUT2D eigenvalue weighted by atomic mass is 9.93. The monoisotopic (exact) mass is 380 g/mol. The number of hydrogen-bond donors (Lipinski definition) is 3. The first kappa shape index (κ1) is 20.3. The molecule has 5 heteroatoms. The molecule has 2 aromatic carbocycles. The van der Waals surface area contributed by atoms with E-state index in [2.05, 4.69) is 24.0 Å². The van der Waals surface area contributed by atoms with Gasteiger partial charge in [-0.3, -0.25) is 0 Å². The van der Waals surface area contributed by atoms with Gasteiger partial charge in [0, 0.05) is 11.1 Å². The van der Waals surface area contributed by atoms with Gasteiger partial charge >= 0.3 is 0 Å². The average Bonchev–Trinajstić information content (AvgIpc) is 3.23. The molecule has 0 atom stereocenters. The van der Waals surface area contributed by atoms with Crippen LogP contribution < -0.4 is 5.73 Å². The fourth-order valence-corrected chi connectivity index (χ4v) is 3.09.